The van der Waals surface area contributed by atoms with E-state index in [-0.39, 0.29) is 5.56 Å². The van der Waals surface area contributed by atoms with Crippen molar-refractivity contribution in [1.29, 1.82) is 0 Å². The van der Waals surface area contributed by atoms with Crippen LogP contribution in [0.4, 0.5) is 0 Å². The van der Waals surface area contributed by atoms with Crippen LogP contribution in [0.5, 0.6) is 0 Å². The third kappa shape index (κ3) is 3.51. The molecule has 1 aliphatic rings. The highest BCUT2D eigenvalue weighted by molar-refractivity contribution is 6.35. The van der Waals surface area contributed by atoms with Crippen molar-refractivity contribution in [3.63, 3.8) is 0 Å². The minimum Gasteiger partial charge on any atom is -0.306 e. The molecule has 4 rings (SSSR count). The topological polar surface area (TPSA) is 61.9 Å². The van der Waals surface area contributed by atoms with Crippen LogP contribution in [0, 0.1) is 0 Å². The monoisotopic (exact) mass is 386 g/mol. The van der Waals surface area contributed by atoms with Gasteiger partial charge in [0.25, 0.3) is 5.56 Å². The zero-order valence-corrected chi connectivity index (χ0v) is 15.4. The first-order valence-electron chi connectivity index (χ1n) is 8.29. The number of nitrogens with one attached hydrogen (secondary N) is 1. The Morgan fingerprint density at radius 2 is 2.12 bits per heavy atom. The maximum Gasteiger partial charge on any atom is 0.254 e. The summed E-state index contributed by atoms with van der Waals surface area (Å²) in [6.45, 7) is 2.07. The van der Waals surface area contributed by atoms with Crippen LogP contribution in [-0.2, 0) is 19.5 Å². The normalized spacial score (nSPS) is 14.2. The Morgan fingerprint density at radius 1 is 1.23 bits per heavy atom. The molecule has 0 aliphatic carbocycles. The molecule has 7 heteroatoms. The van der Waals surface area contributed by atoms with Crippen molar-refractivity contribution in [2.45, 2.75) is 19.5 Å². The van der Waals surface area contributed by atoms with Gasteiger partial charge < -0.3 is 4.98 Å². The molecule has 0 bridgehead atoms. The lowest BCUT2D eigenvalue weighted by Crippen LogP contribution is -2.35. The Hall–Kier alpha value is -2.21. The van der Waals surface area contributed by atoms with E-state index in [9.17, 15) is 4.79 Å². The highest BCUT2D eigenvalue weighted by atomic mass is 35.5. The summed E-state index contributed by atoms with van der Waals surface area (Å²) in [6.07, 6.45) is 4.05. The number of fused-ring (bicyclic) bond motifs is 1. The quantitative estimate of drug-likeness (QED) is 0.745. The molecule has 0 radical (unpaired) electrons. The van der Waals surface area contributed by atoms with Crippen LogP contribution in [0.2, 0.25) is 10.0 Å². The van der Waals surface area contributed by atoms with Gasteiger partial charge in [-0.2, -0.15) is 0 Å². The van der Waals surface area contributed by atoms with Gasteiger partial charge >= 0.3 is 0 Å². The molecule has 2 aromatic heterocycles. The van der Waals surface area contributed by atoms with Crippen molar-refractivity contribution in [2.24, 2.45) is 0 Å². The van der Waals surface area contributed by atoms with E-state index in [4.69, 9.17) is 23.2 Å². The summed E-state index contributed by atoms with van der Waals surface area (Å²) in [4.78, 5) is 26.3. The van der Waals surface area contributed by atoms with Gasteiger partial charge in [-0.05, 0) is 36.2 Å². The summed E-state index contributed by atoms with van der Waals surface area (Å²) in [7, 11) is 0. The number of aromatic nitrogens is 3. The lowest BCUT2D eigenvalue weighted by atomic mass is 10.1. The van der Waals surface area contributed by atoms with Gasteiger partial charge in [-0.15, -0.1) is 0 Å². The van der Waals surface area contributed by atoms with Crippen LogP contribution >= 0.6 is 23.2 Å². The SMILES string of the molecule is O=c1[nH]c(-c2cccnc2)nc2c1CCN(Cc1ccc(Cl)cc1Cl)C2. The van der Waals surface area contributed by atoms with Crippen molar-refractivity contribution >= 4 is 23.2 Å². The number of rotatable bonds is 3. The Kier molecular flexibility index (Phi) is 4.76. The van der Waals surface area contributed by atoms with Crippen molar-refractivity contribution in [3.05, 3.63) is 79.9 Å². The van der Waals surface area contributed by atoms with Gasteiger partial charge in [0.1, 0.15) is 5.82 Å². The molecule has 0 saturated heterocycles. The molecule has 1 aliphatic heterocycles. The molecule has 3 aromatic rings. The van der Waals surface area contributed by atoms with E-state index in [0.29, 0.717) is 35.4 Å². The van der Waals surface area contributed by atoms with E-state index in [0.717, 1.165) is 28.9 Å². The molecule has 1 aromatic carbocycles. The number of aromatic amines is 1. The molecule has 0 fully saturated rings. The van der Waals surface area contributed by atoms with Crippen molar-refractivity contribution in [1.82, 2.24) is 19.9 Å². The minimum atomic E-state index is -0.0713. The van der Waals surface area contributed by atoms with Gasteiger partial charge in [-0.25, -0.2) is 4.98 Å². The molecule has 5 nitrogen and oxygen atoms in total. The first kappa shape index (κ1) is 17.2. The van der Waals surface area contributed by atoms with Gasteiger partial charge in [0.05, 0.1) is 5.69 Å². The predicted molar refractivity (Wildman–Crippen MR) is 102 cm³/mol. The average Bonchev–Trinajstić information content (AvgIpc) is 2.64. The molecule has 0 unspecified atom stereocenters. The summed E-state index contributed by atoms with van der Waals surface area (Å²) in [5, 5.41) is 1.27. The lowest BCUT2D eigenvalue weighted by Gasteiger charge is -2.28. The molecule has 1 N–H and O–H groups in total. The van der Waals surface area contributed by atoms with Crippen molar-refractivity contribution in [3.8, 4) is 11.4 Å². The smallest absolute Gasteiger partial charge is 0.254 e. The number of hydrogen-bond donors (Lipinski definition) is 1. The summed E-state index contributed by atoms with van der Waals surface area (Å²) in [6, 6.07) is 9.23. The van der Waals surface area contributed by atoms with Crippen LogP contribution in [0.25, 0.3) is 11.4 Å². The Morgan fingerprint density at radius 3 is 2.88 bits per heavy atom. The van der Waals surface area contributed by atoms with Gasteiger partial charge in [-0.1, -0.05) is 29.3 Å². The molecule has 0 amide bonds. The second kappa shape index (κ2) is 7.19. The zero-order valence-electron chi connectivity index (χ0n) is 13.9. The Labute approximate surface area is 160 Å². The predicted octanol–water partition coefficient (Wildman–Crippen LogP) is 3.70. The fourth-order valence-electron chi connectivity index (χ4n) is 3.16. The second-order valence-corrected chi connectivity index (χ2v) is 7.12. The molecule has 0 spiro atoms. The van der Waals surface area contributed by atoms with E-state index in [1.54, 1.807) is 18.5 Å². The summed E-state index contributed by atoms with van der Waals surface area (Å²) in [5.41, 5.74) is 3.31. The highest BCUT2D eigenvalue weighted by Crippen LogP contribution is 2.25. The van der Waals surface area contributed by atoms with E-state index < -0.39 is 0 Å². The van der Waals surface area contributed by atoms with Gasteiger partial charge in [0, 0.05) is 53.2 Å². The molecular formula is C19H16Cl2N4O. The fourth-order valence-corrected chi connectivity index (χ4v) is 3.63. The maximum atomic E-state index is 12.4. The van der Waals surface area contributed by atoms with Crippen molar-refractivity contribution < 1.29 is 0 Å². The van der Waals surface area contributed by atoms with E-state index >= 15 is 0 Å². The van der Waals surface area contributed by atoms with Crippen molar-refractivity contribution in [2.75, 3.05) is 6.54 Å². The van der Waals surface area contributed by atoms with Gasteiger partial charge in [0.2, 0.25) is 0 Å². The largest absolute Gasteiger partial charge is 0.306 e. The average molecular weight is 387 g/mol. The van der Waals surface area contributed by atoms with Gasteiger partial charge in [-0.3, -0.25) is 14.7 Å². The zero-order chi connectivity index (χ0) is 18.1. The van der Waals surface area contributed by atoms with Crippen LogP contribution in [0.15, 0.2) is 47.5 Å². The standard InChI is InChI=1S/C19H16Cl2N4O/c20-14-4-3-13(16(21)8-14)10-25-7-5-15-17(11-25)23-18(24-19(15)26)12-2-1-6-22-9-12/h1-4,6,8-9H,5,7,10-11H2,(H,23,24,26). The number of H-pyrrole nitrogens is 1. The third-order valence-corrected chi connectivity index (χ3v) is 5.08. The molecule has 3 heterocycles. The second-order valence-electron chi connectivity index (χ2n) is 6.28. The first-order valence-corrected chi connectivity index (χ1v) is 9.04. The molecule has 26 heavy (non-hydrogen) atoms. The number of halogens is 2. The number of pyridine rings is 1. The molecule has 0 saturated carbocycles. The number of nitrogens with zero attached hydrogens (tertiary/aromatic N) is 3. The van der Waals surface area contributed by atoms with E-state index in [1.165, 1.54) is 0 Å². The maximum absolute atomic E-state index is 12.4. The molecule has 0 atom stereocenters. The molecule has 132 valence electrons. The van der Waals surface area contributed by atoms with Crippen LogP contribution in [-0.4, -0.2) is 26.4 Å². The number of hydrogen-bond acceptors (Lipinski definition) is 4. The lowest BCUT2D eigenvalue weighted by molar-refractivity contribution is 0.240. The van der Waals surface area contributed by atoms with Crippen LogP contribution in [0.1, 0.15) is 16.8 Å². The summed E-state index contributed by atoms with van der Waals surface area (Å²) >= 11 is 12.3. The third-order valence-electron chi connectivity index (χ3n) is 4.50. The Bertz CT molecular complexity index is 1000. The molecular weight excluding hydrogens is 371 g/mol. The van der Waals surface area contributed by atoms with E-state index in [2.05, 4.69) is 19.9 Å². The fraction of sp³-hybridized carbons (Fsp3) is 0.211. The first-order chi connectivity index (χ1) is 12.6. The number of benzene rings is 1. The van der Waals surface area contributed by atoms with Crippen LogP contribution < -0.4 is 5.56 Å². The summed E-state index contributed by atoms with van der Waals surface area (Å²) < 4.78 is 0. The Balaban J connectivity index is 1.61. The minimum absolute atomic E-state index is 0.0713. The van der Waals surface area contributed by atoms with Crippen LogP contribution in [0.3, 0.4) is 0 Å². The summed E-state index contributed by atoms with van der Waals surface area (Å²) in [5.74, 6) is 0.549. The highest BCUT2D eigenvalue weighted by Gasteiger charge is 2.22. The van der Waals surface area contributed by atoms with Gasteiger partial charge in [0.15, 0.2) is 0 Å². The van der Waals surface area contributed by atoms with E-state index in [1.807, 2.05) is 24.3 Å².